The van der Waals surface area contributed by atoms with E-state index in [1.54, 1.807) is 11.8 Å². The van der Waals surface area contributed by atoms with Crippen LogP contribution in [0.4, 0.5) is 0 Å². The Morgan fingerprint density at radius 1 is 1.38 bits per heavy atom. The fourth-order valence-corrected chi connectivity index (χ4v) is 1.88. The average Bonchev–Trinajstić information content (AvgIpc) is 2.01. The van der Waals surface area contributed by atoms with E-state index >= 15 is 0 Å². The topological polar surface area (TPSA) is 38.9 Å². The Bertz CT molecular complexity index is 278. The van der Waals surface area contributed by atoms with Crippen molar-refractivity contribution in [3.63, 3.8) is 0 Å². The summed E-state index contributed by atoms with van der Waals surface area (Å²) >= 11 is 1.76. The van der Waals surface area contributed by atoms with Crippen molar-refractivity contribution in [3.05, 3.63) is 23.9 Å². The first-order chi connectivity index (χ1) is 6.01. The van der Waals surface area contributed by atoms with Gasteiger partial charge in [0.2, 0.25) is 0 Å². The van der Waals surface area contributed by atoms with Crippen molar-refractivity contribution in [3.8, 4) is 0 Å². The molecular weight excluding hydrogens is 180 g/mol. The molecule has 0 fully saturated rings. The highest BCUT2D eigenvalue weighted by molar-refractivity contribution is 8.00. The zero-order valence-corrected chi connectivity index (χ0v) is 9.19. The molecule has 0 bridgehead atoms. The minimum Gasteiger partial charge on any atom is -0.325 e. The van der Waals surface area contributed by atoms with E-state index in [2.05, 4.69) is 25.8 Å². The predicted molar refractivity (Wildman–Crippen MR) is 57.7 cm³/mol. The quantitative estimate of drug-likeness (QED) is 0.738. The van der Waals surface area contributed by atoms with Crippen LogP contribution in [0, 0.1) is 0 Å². The van der Waals surface area contributed by atoms with Crippen LogP contribution in [0.2, 0.25) is 0 Å². The van der Waals surface area contributed by atoms with Gasteiger partial charge in [0, 0.05) is 11.3 Å². The molecule has 0 saturated carbocycles. The fourth-order valence-electron chi connectivity index (χ4n) is 0.942. The normalized spacial score (nSPS) is 11.7. The summed E-state index contributed by atoms with van der Waals surface area (Å²) in [5, 5.41) is 1.05. The second-order valence-electron chi connectivity index (χ2n) is 3.89. The van der Waals surface area contributed by atoms with E-state index in [9.17, 15) is 0 Å². The number of pyridine rings is 1. The van der Waals surface area contributed by atoms with Crippen LogP contribution in [0.1, 0.15) is 26.5 Å². The molecule has 1 heterocycles. The first-order valence-corrected chi connectivity index (χ1v) is 5.18. The second-order valence-corrected chi connectivity index (χ2v) is 5.73. The summed E-state index contributed by atoms with van der Waals surface area (Å²) in [6.07, 6.45) is 0. The third-order valence-electron chi connectivity index (χ3n) is 1.40. The Morgan fingerprint density at radius 3 is 2.62 bits per heavy atom. The van der Waals surface area contributed by atoms with Crippen LogP contribution in [0.15, 0.2) is 23.2 Å². The van der Waals surface area contributed by atoms with Crippen LogP contribution >= 0.6 is 11.8 Å². The van der Waals surface area contributed by atoms with Gasteiger partial charge in [-0.3, -0.25) is 0 Å². The maximum absolute atomic E-state index is 5.51. The maximum atomic E-state index is 5.51. The van der Waals surface area contributed by atoms with Gasteiger partial charge in [0.15, 0.2) is 0 Å². The van der Waals surface area contributed by atoms with Crippen molar-refractivity contribution in [2.24, 2.45) is 5.73 Å². The molecule has 0 radical (unpaired) electrons. The van der Waals surface area contributed by atoms with Gasteiger partial charge < -0.3 is 5.73 Å². The minimum absolute atomic E-state index is 0.209. The number of rotatable bonds is 2. The van der Waals surface area contributed by atoms with Gasteiger partial charge in [-0.2, -0.15) is 0 Å². The zero-order chi connectivity index (χ0) is 9.90. The Labute approximate surface area is 83.9 Å². The summed E-state index contributed by atoms with van der Waals surface area (Å²) < 4.78 is 0.209. The summed E-state index contributed by atoms with van der Waals surface area (Å²) in [4.78, 5) is 4.41. The lowest BCUT2D eigenvalue weighted by atomic mass is 10.3. The van der Waals surface area contributed by atoms with Gasteiger partial charge in [-0.1, -0.05) is 26.8 Å². The first kappa shape index (κ1) is 10.5. The van der Waals surface area contributed by atoms with E-state index < -0.39 is 0 Å². The largest absolute Gasteiger partial charge is 0.325 e. The summed E-state index contributed by atoms with van der Waals surface area (Å²) in [6.45, 7) is 7.04. The molecule has 72 valence electrons. The molecule has 0 amide bonds. The van der Waals surface area contributed by atoms with Gasteiger partial charge in [-0.05, 0) is 12.1 Å². The molecule has 0 aromatic carbocycles. The lowest BCUT2D eigenvalue weighted by Gasteiger charge is -2.16. The molecule has 1 aromatic heterocycles. The third kappa shape index (κ3) is 3.79. The Morgan fingerprint density at radius 2 is 2.08 bits per heavy atom. The molecular formula is C10H16N2S. The Hall–Kier alpha value is -0.540. The molecule has 2 N–H and O–H groups in total. The summed E-state index contributed by atoms with van der Waals surface area (Å²) in [7, 11) is 0. The monoisotopic (exact) mass is 196 g/mol. The smallest absolute Gasteiger partial charge is 0.0968 e. The molecule has 0 saturated heterocycles. The Kier molecular flexibility index (Phi) is 3.33. The van der Waals surface area contributed by atoms with E-state index in [-0.39, 0.29) is 4.75 Å². The highest BCUT2D eigenvalue weighted by atomic mass is 32.2. The molecule has 0 spiro atoms. The van der Waals surface area contributed by atoms with Crippen molar-refractivity contribution in [1.82, 2.24) is 4.98 Å². The van der Waals surface area contributed by atoms with Crippen molar-refractivity contribution in [1.29, 1.82) is 0 Å². The van der Waals surface area contributed by atoms with Crippen LogP contribution in [-0.2, 0) is 6.54 Å². The van der Waals surface area contributed by atoms with Crippen molar-refractivity contribution >= 4 is 11.8 Å². The van der Waals surface area contributed by atoms with E-state index in [4.69, 9.17) is 5.73 Å². The molecule has 0 aliphatic carbocycles. The van der Waals surface area contributed by atoms with E-state index in [1.807, 2.05) is 18.2 Å². The number of hydrogen-bond donors (Lipinski definition) is 1. The van der Waals surface area contributed by atoms with Crippen molar-refractivity contribution in [2.75, 3.05) is 0 Å². The predicted octanol–water partition coefficient (Wildman–Crippen LogP) is 2.43. The molecule has 0 aliphatic heterocycles. The molecule has 3 heteroatoms. The van der Waals surface area contributed by atoms with Crippen LogP contribution in [0.25, 0.3) is 0 Å². The first-order valence-electron chi connectivity index (χ1n) is 4.36. The SMILES string of the molecule is CC(C)(C)Sc1cccc(CN)n1. The zero-order valence-electron chi connectivity index (χ0n) is 8.37. The summed E-state index contributed by atoms with van der Waals surface area (Å²) in [5.74, 6) is 0. The molecule has 1 aromatic rings. The minimum atomic E-state index is 0.209. The number of nitrogens with two attached hydrogens (primary N) is 1. The molecule has 0 aliphatic rings. The molecule has 1 rings (SSSR count). The average molecular weight is 196 g/mol. The van der Waals surface area contributed by atoms with Crippen LogP contribution in [-0.4, -0.2) is 9.73 Å². The van der Waals surface area contributed by atoms with Crippen LogP contribution < -0.4 is 5.73 Å². The molecule has 0 unspecified atom stereocenters. The van der Waals surface area contributed by atoms with Crippen LogP contribution in [0.3, 0.4) is 0 Å². The number of thioether (sulfide) groups is 1. The van der Waals surface area contributed by atoms with Gasteiger partial charge >= 0.3 is 0 Å². The third-order valence-corrected chi connectivity index (χ3v) is 2.45. The van der Waals surface area contributed by atoms with Gasteiger partial charge in [-0.15, -0.1) is 11.8 Å². The standard InChI is InChI=1S/C10H16N2S/c1-10(2,3)13-9-6-4-5-8(7-11)12-9/h4-6H,7,11H2,1-3H3. The van der Waals surface area contributed by atoms with E-state index in [0.717, 1.165) is 10.7 Å². The van der Waals surface area contributed by atoms with Gasteiger partial charge in [-0.25, -0.2) is 4.98 Å². The van der Waals surface area contributed by atoms with Crippen LogP contribution in [0.5, 0.6) is 0 Å². The second kappa shape index (κ2) is 4.11. The fraction of sp³-hybridized carbons (Fsp3) is 0.500. The van der Waals surface area contributed by atoms with Crippen molar-refractivity contribution in [2.45, 2.75) is 37.1 Å². The molecule has 13 heavy (non-hydrogen) atoms. The van der Waals surface area contributed by atoms with E-state index in [1.165, 1.54) is 0 Å². The molecule has 2 nitrogen and oxygen atoms in total. The maximum Gasteiger partial charge on any atom is 0.0968 e. The van der Waals surface area contributed by atoms with Gasteiger partial charge in [0.1, 0.15) is 0 Å². The van der Waals surface area contributed by atoms with Gasteiger partial charge in [0.05, 0.1) is 10.7 Å². The highest BCUT2D eigenvalue weighted by Gasteiger charge is 2.12. The Balaban J connectivity index is 2.78. The highest BCUT2D eigenvalue weighted by Crippen LogP contribution is 2.30. The molecule has 0 atom stereocenters. The summed E-state index contributed by atoms with van der Waals surface area (Å²) in [6, 6.07) is 5.98. The van der Waals surface area contributed by atoms with Crippen molar-refractivity contribution < 1.29 is 0 Å². The van der Waals surface area contributed by atoms with Gasteiger partial charge in [0.25, 0.3) is 0 Å². The van der Waals surface area contributed by atoms with E-state index in [0.29, 0.717) is 6.54 Å². The number of aromatic nitrogens is 1. The number of hydrogen-bond acceptors (Lipinski definition) is 3. The lowest BCUT2D eigenvalue weighted by molar-refractivity contribution is 0.797. The summed E-state index contributed by atoms with van der Waals surface area (Å²) in [5.41, 5.74) is 6.46. The number of nitrogens with zero attached hydrogens (tertiary/aromatic N) is 1. The lowest BCUT2D eigenvalue weighted by Crippen LogP contribution is -2.08.